The Kier molecular flexibility index (Phi) is 6.44. The van der Waals surface area contributed by atoms with Crippen molar-refractivity contribution in [2.45, 2.75) is 13.0 Å². The molecule has 2 aromatic rings. The van der Waals surface area contributed by atoms with Gasteiger partial charge in [0.05, 0.1) is 13.2 Å². The van der Waals surface area contributed by atoms with E-state index in [-0.39, 0.29) is 0 Å². The standard InChI is InChI=1S/C16H22N2O2/c1-19-9-10-20-8-2-6-17-12-14-3-4-16-13-18-7-5-15(16)11-14/h3-5,7,11,13,17H,2,6,8-10,12H2,1H3. The first-order valence-corrected chi connectivity index (χ1v) is 7.00. The molecule has 1 N–H and O–H groups in total. The Labute approximate surface area is 120 Å². The van der Waals surface area contributed by atoms with E-state index >= 15 is 0 Å². The summed E-state index contributed by atoms with van der Waals surface area (Å²) in [6, 6.07) is 8.51. The summed E-state index contributed by atoms with van der Waals surface area (Å²) in [7, 11) is 1.69. The first-order valence-electron chi connectivity index (χ1n) is 7.00. The minimum absolute atomic E-state index is 0.666. The number of rotatable bonds is 9. The lowest BCUT2D eigenvalue weighted by Gasteiger charge is -2.07. The Morgan fingerprint density at radius 1 is 1.10 bits per heavy atom. The van der Waals surface area contributed by atoms with Crippen LogP contribution >= 0.6 is 0 Å². The molecule has 0 bridgehead atoms. The highest BCUT2D eigenvalue weighted by Gasteiger charge is 1.96. The van der Waals surface area contributed by atoms with Gasteiger partial charge in [-0.3, -0.25) is 4.98 Å². The van der Waals surface area contributed by atoms with Crippen molar-refractivity contribution in [3.63, 3.8) is 0 Å². The zero-order chi connectivity index (χ0) is 14.0. The summed E-state index contributed by atoms with van der Waals surface area (Å²) in [6.07, 6.45) is 4.74. The van der Waals surface area contributed by atoms with Crippen LogP contribution in [0.4, 0.5) is 0 Å². The molecule has 0 aliphatic carbocycles. The van der Waals surface area contributed by atoms with Gasteiger partial charge in [-0.15, -0.1) is 0 Å². The van der Waals surface area contributed by atoms with Crippen LogP contribution in [0.3, 0.4) is 0 Å². The molecule has 1 aromatic carbocycles. The second-order valence-electron chi connectivity index (χ2n) is 4.69. The molecular weight excluding hydrogens is 252 g/mol. The van der Waals surface area contributed by atoms with Gasteiger partial charge in [-0.1, -0.05) is 12.1 Å². The zero-order valence-corrected chi connectivity index (χ0v) is 12.0. The number of benzene rings is 1. The molecule has 2 rings (SSSR count). The Bertz CT molecular complexity index is 517. The number of nitrogens with zero attached hydrogens (tertiary/aromatic N) is 1. The van der Waals surface area contributed by atoms with E-state index in [1.165, 1.54) is 16.3 Å². The Morgan fingerprint density at radius 2 is 2.05 bits per heavy atom. The molecule has 108 valence electrons. The summed E-state index contributed by atoms with van der Waals surface area (Å²) < 4.78 is 10.3. The molecule has 0 aliphatic heterocycles. The highest BCUT2D eigenvalue weighted by atomic mass is 16.5. The van der Waals surface area contributed by atoms with Gasteiger partial charge in [0.2, 0.25) is 0 Å². The second kappa shape index (κ2) is 8.64. The average Bonchev–Trinajstić information content (AvgIpc) is 2.50. The molecule has 1 aromatic heterocycles. The summed E-state index contributed by atoms with van der Waals surface area (Å²) in [4.78, 5) is 4.12. The molecule has 0 spiro atoms. The minimum atomic E-state index is 0.666. The molecule has 0 saturated heterocycles. The fourth-order valence-corrected chi connectivity index (χ4v) is 2.02. The van der Waals surface area contributed by atoms with Gasteiger partial charge in [-0.25, -0.2) is 0 Å². The maximum atomic E-state index is 5.41. The monoisotopic (exact) mass is 274 g/mol. The third kappa shape index (κ3) is 4.89. The van der Waals surface area contributed by atoms with Gasteiger partial charge < -0.3 is 14.8 Å². The van der Waals surface area contributed by atoms with E-state index in [9.17, 15) is 0 Å². The van der Waals surface area contributed by atoms with Gasteiger partial charge in [0.25, 0.3) is 0 Å². The maximum Gasteiger partial charge on any atom is 0.0700 e. The molecule has 1 heterocycles. The number of hydrogen-bond donors (Lipinski definition) is 1. The van der Waals surface area contributed by atoms with Gasteiger partial charge >= 0.3 is 0 Å². The highest BCUT2D eigenvalue weighted by molar-refractivity contribution is 5.81. The van der Waals surface area contributed by atoms with Crippen LogP contribution in [0.25, 0.3) is 10.8 Å². The van der Waals surface area contributed by atoms with Crippen molar-refractivity contribution in [1.82, 2.24) is 10.3 Å². The lowest BCUT2D eigenvalue weighted by Crippen LogP contribution is -2.16. The van der Waals surface area contributed by atoms with Gasteiger partial charge in [0, 0.05) is 38.0 Å². The molecule has 4 nitrogen and oxygen atoms in total. The van der Waals surface area contributed by atoms with Crippen LogP contribution in [0.1, 0.15) is 12.0 Å². The smallest absolute Gasteiger partial charge is 0.0700 e. The minimum Gasteiger partial charge on any atom is -0.382 e. The SMILES string of the molecule is COCCOCCCNCc1ccc2cnccc2c1. The predicted molar refractivity (Wildman–Crippen MR) is 80.8 cm³/mol. The number of nitrogens with one attached hydrogen (secondary N) is 1. The van der Waals surface area contributed by atoms with Crippen molar-refractivity contribution >= 4 is 10.8 Å². The molecule has 0 amide bonds. The van der Waals surface area contributed by atoms with E-state index in [0.717, 1.165) is 26.1 Å². The molecule has 0 saturated carbocycles. The molecule has 0 unspecified atom stereocenters. The van der Waals surface area contributed by atoms with Crippen molar-refractivity contribution in [2.75, 3.05) is 33.5 Å². The van der Waals surface area contributed by atoms with Crippen LogP contribution in [0.2, 0.25) is 0 Å². The molecule has 0 aliphatic rings. The first-order chi connectivity index (χ1) is 9.90. The van der Waals surface area contributed by atoms with Gasteiger partial charge in [0.15, 0.2) is 0 Å². The van der Waals surface area contributed by atoms with Gasteiger partial charge in [-0.2, -0.15) is 0 Å². The van der Waals surface area contributed by atoms with E-state index in [1.807, 2.05) is 18.5 Å². The highest BCUT2D eigenvalue weighted by Crippen LogP contribution is 2.14. The second-order valence-corrected chi connectivity index (χ2v) is 4.69. The number of aromatic nitrogens is 1. The van der Waals surface area contributed by atoms with Crippen LogP contribution in [0, 0.1) is 0 Å². The van der Waals surface area contributed by atoms with Crippen molar-refractivity contribution in [3.05, 3.63) is 42.2 Å². The number of methoxy groups -OCH3 is 1. The first kappa shape index (κ1) is 14.9. The molecule has 0 radical (unpaired) electrons. The molecular formula is C16H22N2O2. The largest absolute Gasteiger partial charge is 0.382 e. The zero-order valence-electron chi connectivity index (χ0n) is 12.0. The van der Waals surface area contributed by atoms with Crippen LogP contribution < -0.4 is 5.32 Å². The van der Waals surface area contributed by atoms with Gasteiger partial charge in [0.1, 0.15) is 0 Å². The Morgan fingerprint density at radius 3 is 2.95 bits per heavy atom. The third-order valence-corrected chi connectivity index (χ3v) is 3.11. The number of pyridine rings is 1. The number of fused-ring (bicyclic) bond motifs is 1. The van der Waals surface area contributed by atoms with Crippen LogP contribution in [-0.4, -0.2) is 38.5 Å². The fourth-order valence-electron chi connectivity index (χ4n) is 2.02. The topological polar surface area (TPSA) is 43.4 Å². The Balaban J connectivity index is 1.65. The van der Waals surface area contributed by atoms with E-state index in [0.29, 0.717) is 13.2 Å². The van der Waals surface area contributed by atoms with Crippen molar-refractivity contribution in [1.29, 1.82) is 0 Å². The molecule has 0 atom stereocenters. The molecule has 20 heavy (non-hydrogen) atoms. The summed E-state index contributed by atoms with van der Waals surface area (Å²) in [5.74, 6) is 0. The summed E-state index contributed by atoms with van der Waals surface area (Å²) in [5.41, 5.74) is 1.30. The van der Waals surface area contributed by atoms with Crippen LogP contribution in [0.5, 0.6) is 0 Å². The van der Waals surface area contributed by atoms with Crippen LogP contribution in [-0.2, 0) is 16.0 Å². The van der Waals surface area contributed by atoms with Crippen LogP contribution in [0.15, 0.2) is 36.7 Å². The lowest BCUT2D eigenvalue weighted by molar-refractivity contribution is 0.0695. The third-order valence-electron chi connectivity index (χ3n) is 3.11. The van der Waals surface area contributed by atoms with E-state index in [2.05, 4.69) is 28.5 Å². The molecule has 0 fully saturated rings. The Hall–Kier alpha value is -1.49. The van der Waals surface area contributed by atoms with E-state index in [4.69, 9.17) is 9.47 Å². The van der Waals surface area contributed by atoms with Gasteiger partial charge in [-0.05, 0) is 36.0 Å². The van der Waals surface area contributed by atoms with Crippen molar-refractivity contribution in [2.24, 2.45) is 0 Å². The van der Waals surface area contributed by atoms with Crippen molar-refractivity contribution in [3.8, 4) is 0 Å². The van der Waals surface area contributed by atoms with Crippen molar-refractivity contribution < 1.29 is 9.47 Å². The lowest BCUT2D eigenvalue weighted by atomic mass is 10.1. The summed E-state index contributed by atoms with van der Waals surface area (Å²) in [5, 5.41) is 5.85. The average molecular weight is 274 g/mol. The van der Waals surface area contributed by atoms with E-state index in [1.54, 1.807) is 7.11 Å². The fraction of sp³-hybridized carbons (Fsp3) is 0.438. The maximum absolute atomic E-state index is 5.41. The molecule has 4 heteroatoms. The summed E-state index contributed by atoms with van der Waals surface area (Å²) in [6.45, 7) is 3.96. The quantitative estimate of drug-likeness (QED) is 0.713. The number of hydrogen-bond acceptors (Lipinski definition) is 4. The number of ether oxygens (including phenoxy) is 2. The predicted octanol–water partition coefficient (Wildman–Crippen LogP) is 2.38. The summed E-state index contributed by atoms with van der Waals surface area (Å²) >= 11 is 0. The normalized spacial score (nSPS) is 11.1. The van der Waals surface area contributed by atoms with E-state index < -0.39 is 0 Å².